The Kier molecular flexibility index (Phi) is 3.90. The largest absolute Gasteiger partial charge is 0.392 e. The van der Waals surface area contributed by atoms with Crippen LogP contribution in [-0.4, -0.2) is 11.2 Å². The van der Waals surface area contributed by atoms with Gasteiger partial charge in [-0.2, -0.15) is 0 Å². The third-order valence-electron chi connectivity index (χ3n) is 2.41. The van der Waals surface area contributed by atoms with E-state index in [0.29, 0.717) is 10.9 Å². The van der Waals surface area contributed by atoms with Crippen LogP contribution in [0, 0.1) is 11.2 Å². The lowest BCUT2D eigenvalue weighted by Crippen LogP contribution is -2.28. The van der Waals surface area contributed by atoms with Crippen molar-refractivity contribution >= 4 is 15.9 Å². The predicted octanol–water partition coefficient (Wildman–Crippen LogP) is 3.54. The van der Waals surface area contributed by atoms with E-state index in [4.69, 9.17) is 0 Å². The van der Waals surface area contributed by atoms with Gasteiger partial charge in [-0.05, 0) is 45.5 Å². The molecule has 0 amide bonds. The third kappa shape index (κ3) is 3.58. The van der Waals surface area contributed by atoms with E-state index < -0.39 is 6.10 Å². The van der Waals surface area contributed by atoms with Crippen molar-refractivity contribution in [1.82, 2.24) is 0 Å². The Labute approximate surface area is 98.4 Å². The Hall–Kier alpha value is -0.410. The molecule has 3 heteroatoms. The Bertz CT molecular complexity index is 344. The molecule has 0 aliphatic rings. The van der Waals surface area contributed by atoms with Gasteiger partial charge in [0.15, 0.2) is 0 Å². The third-order valence-corrected chi connectivity index (χ3v) is 3.02. The monoisotopic (exact) mass is 274 g/mol. The van der Waals surface area contributed by atoms with Gasteiger partial charge in [-0.1, -0.05) is 26.8 Å². The Morgan fingerprint density at radius 3 is 2.47 bits per heavy atom. The van der Waals surface area contributed by atoms with Gasteiger partial charge in [-0.3, -0.25) is 0 Å². The van der Waals surface area contributed by atoms with Crippen LogP contribution in [-0.2, 0) is 6.42 Å². The number of hydrogen-bond donors (Lipinski definition) is 1. The highest BCUT2D eigenvalue weighted by Gasteiger charge is 2.22. The van der Waals surface area contributed by atoms with E-state index in [1.165, 1.54) is 6.07 Å². The van der Waals surface area contributed by atoms with Crippen molar-refractivity contribution < 1.29 is 9.50 Å². The first kappa shape index (κ1) is 12.7. The molecule has 0 spiro atoms. The molecule has 1 aromatic rings. The van der Waals surface area contributed by atoms with Crippen molar-refractivity contribution in [3.05, 3.63) is 34.1 Å². The summed E-state index contributed by atoms with van der Waals surface area (Å²) in [5.74, 6) is -0.274. The van der Waals surface area contributed by atoms with Crippen LogP contribution in [0.5, 0.6) is 0 Å². The summed E-state index contributed by atoms with van der Waals surface area (Å²) >= 11 is 3.13. The van der Waals surface area contributed by atoms with Gasteiger partial charge in [0.05, 0.1) is 10.6 Å². The van der Waals surface area contributed by atoms with Gasteiger partial charge in [0, 0.05) is 0 Å². The number of rotatable bonds is 2. The number of aliphatic hydroxyl groups excluding tert-OH is 1. The zero-order valence-corrected chi connectivity index (χ0v) is 10.8. The first-order chi connectivity index (χ1) is 6.80. The van der Waals surface area contributed by atoms with E-state index >= 15 is 0 Å². The summed E-state index contributed by atoms with van der Waals surface area (Å²) in [5.41, 5.74) is 0.784. The topological polar surface area (TPSA) is 20.2 Å². The molecule has 0 saturated heterocycles. The molecule has 15 heavy (non-hydrogen) atoms. The Morgan fingerprint density at radius 2 is 2.00 bits per heavy atom. The molecule has 0 bridgehead atoms. The van der Waals surface area contributed by atoms with Crippen LogP contribution < -0.4 is 0 Å². The number of halogens is 2. The van der Waals surface area contributed by atoms with Gasteiger partial charge >= 0.3 is 0 Å². The summed E-state index contributed by atoms with van der Waals surface area (Å²) in [7, 11) is 0. The summed E-state index contributed by atoms with van der Waals surface area (Å²) < 4.78 is 13.4. The molecule has 84 valence electrons. The molecule has 1 unspecified atom stereocenters. The van der Waals surface area contributed by atoms with Crippen LogP contribution >= 0.6 is 15.9 Å². The van der Waals surface area contributed by atoms with Crippen molar-refractivity contribution in [3.8, 4) is 0 Å². The summed E-state index contributed by atoms with van der Waals surface area (Å²) in [6.45, 7) is 5.95. The summed E-state index contributed by atoms with van der Waals surface area (Å²) in [5, 5.41) is 9.89. The van der Waals surface area contributed by atoms with Crippen LogP contribution in [0.1, 0.15) is 26.3 Å². The maximum absolute atomic E-state index is 13.0. The smallest absolute Gasteiger partial charge is 0.137 e. The Balaban J connectivity index is 2.78. The summed E-state index contributed by atoms with van der Waals surface area (Å²) in [6.07, 6.45) is 0.123. The van der Waals surface area contributed by atoms with Crippen molar-refractivity contribution in [1.29, 1.82) is 0 Å². The molecule has 0 fully saturated rings. The van der Waals surface area contributed by atoms with Crippen LogP contribution in [0.2, 0.25) is 0 Å². The van der Waals surface area contributed by atoms with E-state index in [0.717, 1.165) is 5.56 Å². The molecule has 0 aliphatic carbocycles. The molecule has 0 saturated carbocycles. The van der Waals surface area contributed by atoms with Crippen LogP contribution in [0.15, 0.2) is 22.7 Å². The number of benzene rings is 1. The molecule has 1 atom stereocenters. The van der Waals surface area contributed by atoms with Crippen LogP contribution in [0.3, 0.4) is 0 Å². The standard InChI is InChI=1S/C12H16BrFO/c1-12(2,3)11(15)7-8-4-5-10(14)9(13)6-8/h4-6,11,15H,7H2,1-3H3. The van der Waals surface area contributed by atoms with E-state index in [1.807, 2.05) is 20.8 Å². The predicted molar refractivity (Wildman–Crippen MR) is 63.3 cm³/mol. The molecule has 0 heterocycles. The van der Waals surface area contributed by atoms with Gasteiger partial charge in [0.2, 0.25) is 0 Å². The second kappa shape index (κ2) is 4.62. The van der Waals surface area contributed by atoms with Crippen molar-refractivity contribution in [2.24, 2.45) is 5.41 Å². The molecule has 1 aromatic carbocycles. The summed E-state index contributed by atoms with van der Waals surface area (Å²) in [4.78, 5) is 0. The fraction of sp³-hybridized carbons (Fsp3) is 0.500. The Morgan fingerprint density at radius 1 is 1.40 bits per heavy atom. The fourth-order valence-corrected chi connectivity index (χ4v) is 1.62. The quantitative estimate of drug-likeness (QED) is 0.875. The van der Waals surface area contributed by atoms with Gasteiger partial charge in [-0.25, -0.2) is 4.39 Å². The minimum atomic E-state index is -0.421. The molecular formula is C12H16BrFO. The molecular weight excluding hydrogens is 259 g/mol. The first-order valence-corrected chi connectivity index (χ1v) is 5.72. The lowest BCUT2D eigenvalue weighted by Gasteiger charge is -2.25. The lowest BCUT2D eigenvalue weighted by molar-refractivity contribution is 0.0636. The van der Waals surface area contributed by atoms with Gasteiger partial charge < -0.3 is 5.11 Å². The number of aliphatic hydroxyl groups is 1. The zero-order chi connectivity index (χ0) is 11.6. The van der Waals surface area contributed by atoms with Crippen molar-refractivity contribution in [2.75, 3.05) is 0 Å². The minimum Gasteiger partial charge on any atom is -0.392 e. The number of hydrogen-bond acceptors (Lipinski definition) is 1. The molecule has 0 aliphatic heterocycles. The zero-order valence-electron chi connectivity index (χ0n) is 9.22. The molecule has 1 nitrogen and oxygen atoms in total. The maximum Gasteiger partial charge on any atom is 0.137 e. The van der Waals surface area contributed by atoms with Crippen molar-refractivity contribution in [2.45, 2.75) is 33.3 Å². The normalized spacial score (nSPS) is 14.0. The minimum absolute atomic E-state index is 0.152. The maximum atomic E-state index is 13.0. The van der Waals surface area contributed by atoms with E-state index in [2.05, 4.69) is 15.9 Å². The highest BCUT2D eigenvalue weighted by molar-refractivity contribution is 9.10. The highest BCUT2D eigenvalue weighted by atomic mass is 79.9. The van der Waals surface area contributed by atoms with Crippen LogP contribution in [0.25, 0.3) is 0 Å². The van der Waals surface area contributed by atoms with E-state index in [-0.39, 0.29) is 11.2 Å². The second-order valence-electron chi connectivity index (χ2n) is 4.83. The molecule has 0 aromatic heterocycles. The summed E-state index contributed by atoms with van der Waals surface area (Å²) in [6, 6.07) is 4.83. The lowest BCUT2D eigenvalue weighted by atomic mass is 9.85. The van der Waals surface area contributed by atoms with Gasteiger partial charge in [-0.15, -0.1) is 0 Å². The van der Waals surface area contributed by atoms with Crippen molar-refractivity contribution in [3.63, 3.8) is 0 Å². The molecule has 1 N–H and O–H groups in total. The highest BCUT2D eigenvalue weighted by Crippen LogP contribution is 2.24. The van der Waals surface area contributed by atoms with Gasteiger partial charge in [0.1, 0.15) is 5.82 Å². The average Bonchev–Trinajstić information content (AvgIpc) is 2.10. The molecule has 1 rings (SSSR count). The average molecular weight is 275 g/mol. The SMILES string of the molecule is CC(C)(C)C(O)Cc1ccc(F)c(Br)c1. The van der Waals surface area contributed by atoms with Crippen LogP contribution in [0.4, 0.5) is 4.39 Å². The van der Waals surface area contributed by atoms with E-state index in [9.17, 15) is 9.50 Å². The fourth-order valence-electron chi connectivity index (χ4n) is 1.20. The van der Waals surface area contributed by atoms with E-state index in [1.54, 1.807) is 12.1 Å². The van der Waals surface area contributed by atoms with Gasteiger partial charge in [0.25, 0.3) is 0 Å². The second-order valence-corrected chi connectivity index (χ2v) is 5.69. The first-order valence-electron chi connectivity index (χ1n) is 4.92. The molecule has 0 radical (unpaired) electrons.